The third-order valence-corrected chi connectivity index (χ3v) is 2.66. The largest absolute Gasteiger partial charge is 0.382 e. The van der Waals surface area contributed by atoms with Crippen molar-refractivity contribution in [2.75, 3.05) is 45.4 Å². The van der Waals surface area contributed by atoms with Gasteiger partial charge < -0.3 is 19.5 Å². The van der Waals surface area contributed by atoms with Gasteiger partial charge in [-0.3, -0.25) is 0 Å². The Balaban J connectivity index is 2.09. The number of methoxy groups -OCH3 is 1. The summed E-state index contributed by atoms with van der Waals surface area (Å²) in [6, 6.07) is 4.01. The summed E-state index contributed by atoms with van der Waals surface area (Å²) < 4.78 is 15.9. The molecule has 0 aromatic carbocycles. The quantitative estimate of drug-likeness (QED) is 0.597. The number of hydrogen-bond donors (Lipinski definition) is 1. The van der Waals surface area contributed by atoms with Gasteiger partial charge in [-0.05, 0) is 30.5 Å². The number of pyridine rings is 1. The van der Waals surface area contributed by atoms with Crippen LogP contribution in [0.5, 0.6) is 0 Å². The predicted octanol–water partition coefficient (Wildman–Crippen LogP) is 2.47. The Morgan fingerprint density at radius 1 is 1.15 bits per heavy atom. The lowest BCUT2D eigenvalue weighted by molar-refractivity contribution is 0.0483. The van der Waals surface area contributed by atoms with Crippen LogP contribution in [0.2, 0.25) is 0 Å². The minimum atomic E-state index is 0.612. The number of rotatable bonds is 12. The molecular formula is C15H26N2O3. The molecular weight excluding hydrogens is 256 g/mol. The molecule has 0 aliphatic heterocycles. The molecule has 0 fully saturated rings. The third kappa shape index (κ3) is 8.09. The van der Waals surface area contributed by atoms with Gasteiger partial charge in [0, 0.05) is 33.1 Å². The molecule has 0 bridgehead atoms. The number of aromatic nitrogens is 1. The summed E-state index contributed by atoms with van der Waals surface area (Å²) in [4.78, 5) is 4.26. The van der Waals surface area contributed by atoms with Crippen LogP contribution in [0.4, 0.5) is 5.82 Å². The first-order valence-electron chi connectivity index (χ1n) is 7.20. The van der Waals surface area contributed by atoms with Crippen molar-refractivity contribution in [2.45, 2.75) is 26.4 Å². The molecule has 20 heavy (non-hydrogen) atoms. The zero-order valence-electron chi connectivity index (χ0n) is 12.6. The summed E-state index contributed by atoms with van der Waals surface area (Å²) in [6.45, 7) is 6.39. The lowest BCUT2D eigenvalue weighted by Gasteiger charge is -2.08. The van der Waals surface area contributed by atoms with Crippen molar-refractivity contribution in [3.63, 3.8) is 0 Å². The van der Waals surface area contributed by atoms with E-state index < -0.39 is 0 Å². The fraction of sp³-hybridized carbons (Fsp3) is 0.667. The SMILES string of the molecule is CCCNc1cc(COCCCOCCOC)ccn1. The fourth-order valence-electron chi connectivity index (χ4n) is 1.61. The van der Waals surface area contributed by atoms with Gasteiger partial charge in [-0.1, -0.05) is 6.92 Å². The zero-order chi connectivity index (χ0) is 14.5. The zero-order valence-corrected chi connectivity index (χ0v) is 12.6. The highest BCUT2D eigenvalue weighted by molar-refractivity contribution is 5.37. The second kappa shape index (κ2) is 11.6. The molecule has 0 radical (unpaired) electrons. The van der Waals surface area contributed by atoms with Gasteiger partial charge in [0.2, 0.25) is 0 Å². The van der Waals surface area contributed by atoms with Crippen LogP contribution in [-0.4, -0.2) is 45.1 Å². The highest BCUT2D eigenvalue weighted by atomic mass is 16.5. The smallest absolute Gasteiger partial charge is 0.126 e. The Labute approximate surface area is 121 Å². The van der Waals surface area contributed by atoms with Gasteiger partial charge >= 0.3 is 0 Å². The first-order valence-corrected chi connectivity index (χ1v) is 7.20. The van der Waals surface area contributed by atoms with Gasteiger partial charge in [0.15, 0.2) is 0 Å². The monoisotopic (exact) mass is 282 g/mol. The molecule has 0 aliphatic rings. The standard InChI is InChI=1S/C15H26N2O3/c1-3-6-16-15-12-14(5-7-17-15)13-20-9-4-8-19-11-10-18-2/h5,7,12H,3-4,6,8-11,13H2,1-2H3,(H,16,17). The second-order valence-corrected chi connectivity index (χ2v) is 4.49. The first kappa shape index (κ1) is 16.9. The van der Waals surface area contributed by atoms with E-state index in [4.69, 9.17) is 14.2 Å². The molecule has 0 amide bonds. The van der Waals surface area contributed by atoms with E-state index in [9.17, 15) is 0 Å². The van der Waals surface area contributed by atoms with Crippen molar-refractivity contribution >= 4 is 5.82 Å². The molecule has 1 N–H and O–H groups in total. The molecule has 1 aromatic rings. The number of nitrogens with zero attached hydrogens (tertiary/aromatic N) is 1. The third-order valence-electron chi connectivity index (χ3n) is 2.66. The van der Waals surface area contributed by atoms with Gasteiger partial charge in [0.25, 0.3) is 0 Å². The normalized spacial score (nSPS) is 10.7. The van der Waals surface area contributed by atoms with E-state index in [0.29, 0.717) is 33.0 Å². The molecule has 0 aliphatic carbocycles. The average Bonchev–Trinajstić information content (AvgIpc) is 2.48. The summed E-state index contributed by atoms with van der Waals surface area (Å²) in [6.07, 6.45) is 3.80. The highest BCUT2D eigenvalue weighted by Gasteiger charge is 1.97. The lowest BCUT2D eigenvalue weighted by atomic mass is 10.3. The topological polar surface area (TPSA) is 52.6 Å². The molecule has 1 rings (SSSR count). The van der Waals surface area contributed by atoms with Crippen LogP contribution >= 0.6 is 0 Å². The van der Waals surface area contributed by atoms with Gasteiger partial charge in [0.05, 0.1) is 19.8 Å². The van der Waals surface area contributed by atoms with E-state index in [0.717, 1.165) is 30.8 Å². The van der Waals surface area contributed by atoms with E-state index in [-0.39, 0.29) is 0 Å². The van der Waals surface area contributed by atoms with Crippen LogP contribution in [0.1, 0.15) is 25.3 Å². The van der Waals surface area contributed by atoms with E-state index in [2.05, 4.69) is 17.2 Å². The van der Waals surface area contributed by atoms with Gasteiger partial charge in [-0.2, -0.15) is 0 Å². The van der Waals surface area contributed by atoms with E-state index in [1.165, 1.54) is 0 Å². The Morgan fingerprint density at radius 3 is 2.80 bits per heavy atom. The van der Waals surface area contributed by atoms with Crippen molar-refractivity contribution in [1.82, 2.24) is 4.98 Å². The molecule has 114 valence electrons. The average molecular weight is 282 g/mol. The summed E-state index contributed by atoms with van der Waals surface area (Å²) in [5.41, 5.74) is 1.14. The van der Waals surface area contributed by atoms with E-state index in [1.807, 2.05) is 18.3 Å². The number of nitrogens with one attached hydrogen (secondary N) is 1. The molecule has 0 atom stereocenters. The molecule has 5 nitrogen and oxygen atoms in total. The van der Waals surface area contributed by atoms with Crippen LogP contribution in [0.3, 0.4) is 0 Å². The van der Waals surface area contributed by atoms with E-state index >= 15 is 0 Å². The highest BCUT2D eigenvalue weighted by Crippen LogP contribution is 2.08. The van der Waals surface area contributed by atoms with E-state index in [1.54, 1.807) is 7.11 Å². The summed E-state index contributed by atoms with van der Waals surface area (Å²) >= 11 is 0. The van der Waals surface area contributed by atoms with Crippen molar-refractivity contribution in [3.8, 4) is 0 Å². The summed E-state index contributed by atoms with van der Waals surface area (Å²) in [7, 11) is 1.67. The van der Waals surface area contributed by atoms with Crippen LogP contribution in [0.25, 0.3) is 0 Å². The Bertz CT molecular complexity index is 348. The molecule has 0 saturated carbocycles. The van der Waals surface area contributed by atoms with Crippen molar-refractivity contribution in [2.24, 2.45) is 0 Å². The van der Waals surface area contributed by atoms with Crippen molar-refractivity contribution < 1.29 is 14.2 Å². The maximum Gasteiger partial charge on any atom is 0.126 e. The maximum absolute atomic E-state index is 5.62. The number of anilines is 1. The van der Waals surface area contributed by atoms with Crippen molar-refractivity contribution in [1.29, 1.82) is 0 Å². The molecule has 1 aromatic heterocycles. The summed E-state index contributed by atoms with van der Waals surface area (Å²) in [5.74, 6) is 0.913. The van der Waals surface area contributed by atoms with Gasteiger partial charge in [-0.15, -0.1) is 0 Å². The Hall–Kier alpha value is -1.17. The van der Waals surface area contributed by atoms with Crippen LogP contribution in [-0.2, 0) is 20.8 Å². The Kier molecular flexibility index (Phi) is 9.83. The van der Waals surface area contributed by atoms with Gasteiger partial charge in [-0.25, -0.2) is 4.98 Å². The minimum absolute atomic E-state index is 0.612. The first-order chi connectivity index (χ1) is 9.86. The molecule has 5 heteroatoms. The fourth-order valence-corrected chi connectivity index (χ4v) is 1.61. The van der Waals surface area contributed by atoms with Gasteiger partial charge in [0.1, 0.15) is 5.82 Å². The predicted molar refractivity (Wildman–Crippen MR) is 80.0 cm³/mol. The van der Waals surface area contributed by atoms with Crippen molar-refractivity contribution in [3.05, 3.63) is 23.9 Å². The molecule has 0 spiro atoms. The van der Waals surface area contributed by atoms with Crippen LogP contribution in [0.15, 0.2) is 18.3 Å². The molecule has 0 unspecified atom stereocenters. The summed E-state index contributed by atoms with van der Waals surface area (Å²) in [5, 5.41) is 3.27. The maximum atomic E-state index is 5.62. The van der Waals surface area contributed by atoms with Crippen LogP contribution < -0.4 is 5.32 Å². The number of hydrogen-bond acceptors (Lipinski definition) is 5. The lowest BCUT2D eigenvalue weighted by Crippen LogP contribution is -2.06. The van der Waals surface area contributed by atoms with Crippen LogP contribution in [0, 0.1) is 0 Å². The number of ether oxygens (including phenoxy) is 3. The minimum Gasteiger partial charge on any atom is -0.382 e. The molecule has 0 saturated heterocycles. The Morgan fingerprint density at radius 2 is 2.00 bits per heavy atom. The second-order valence-electron chi connectivity index (χ2n) is 4.49. The molecule has 1 heterocycles.